The fraction of sp³-hybridized carbons (Fsp3) is 0.250. The van der Waals surface area contributed by atoms with Crippen LogP contribution in [-0.4, -0.2) is 15.5 Å². The van der Waals surface area contributed by atoms with Crippen molar-refractivity contribution in [3.05, 3.63) is 29.8 Å². The Kier molecular flexibility index (Phi) is 3.88. The molecule has 0 fully saturated rings. The Balaban J connectivity index is 2.79. The topological polar surface area (TPSA) is 52.6 Å². The molecule has 1 aromatic rings. The van der Waals surface area contributed by atoms with Crippen molar-refractivity contribution in [2.45, 2.75) is 11.5 Å². The van der Waals surface area contributed by atoms with Gasteiger partial charge in [0.15, 0.2) is 0 Å². The summed E-state index contributed by atoms with van der Waals surface area (Å²) in [6.45, 7) is 0.263. The van der Waals surface area contributed by atoms with Crippen molar-refractivity contribution in [2.75, 3.05) is 7.11 Å². The van der Waals surface area contributed by atoms with Gasteiger partial charge in [0.25, 0.3) is 9.05 Å². The number of hydrogen-bond donors (Lipinski definition) is 0. The summed E-state index contributed by atoms with van der Waals surface area (Å²) in [6, 6.07) is 6.04. The third kappa shape index (κ3) is 3.26. The molecule has 4 nitrogen and oxygen atoms in total. The van der Waals surface area contributed by atoms with Gasteiger partial charge in [-0.15, -0.1) is 0 Å². The van der Waals surface area contributed by atoms with E-state index in [4.69, 9.17) is 10.7 Å². The van der Waals surface area contributed by atoms with Gasteiger partial charge in [-0.3, -0.25) is 0 Å². The minimum absolute atomic E-state index is 0.0698. The molecule has 0 bridgehead atoms. The summed E-state index contributed by atoms with van der Waals surface area (Å²) in [6.07, 6.45) is 0. The lowest BCUT2D eigenvalue weighted by atomic mass is 10.2. The van der Waals surface area contributed by atoms with E-state index in [9.17, 15) is 8.42 Å². The molecule has 1 rings (SSSR count). The third-order valence-corrected chi connectivity index (χ3v) is 2.92. The summed E-state index contributed by atoms with van der Waals surface area (Å²) >= 11 is 0. The van der Waals surface area contributed by atoms with E-state index >= 15 is 0 Å². The van der Waals surface area contributed by atoms with Gasteiger partial charge in [0, 0.05) is 10.7 Å². The van der Waals surface area contributed by atoms with Crippen molar-refractivity contribution < 1.29 is 18.2 Å². The Morgan fingerprint density at radius 2 is 1.86 bits per heavy atom. The number of halogens is 1. The maximum absolute atomic E-state index is 10.9. The highest BCUT2D eigenvalue weighted by atomic mass is 35.7. The summed E-state index contributed by atoms with van der Waals surface area (Å²) in [7, 11) is 2.89. The first-order valence-electron chi connectivity index (χ1n) is 3.73. The maximum atomic E-state index is 10.9. The van der Waals surface area contributed by atoms with E-state index in [1.54, 1.807) is 12.1 Å². The van der Waals surface area contributed by atoms with Crippen molar-refractivity contribution >= 4 is 19.7 Å². The first-order valence-corrected chi connectivity index (χ1v) is 6.04. The fourth-order valence-electron chi connectivity index (χ4n) is 0.875. The highest BCUT2D eigenvalue weighted by Gasteiger charge is 2.08. The molecule has 78 valence electrons. The number of rotatable bonds is 4. The Hall–Kier alpha value is -0.620. The molecule has 0 saturated carbocycles. The predicted octanol–water partition coefficient (Wildman–Crippen LogP) is 1.69. The largest absolute Gasteiger partial charge is 0.261 e. The molecule has 0 radical (unpaired) electrons. The van der Waals surface area contributed by atoms with Crippen LogP contribution in [0.5, 0.6) is 0 Å². The summed E-state index contributed by atoms with van der Waals surface area (Å²) < 4.78 is 21.7. The van der Waals surface area contributed by atoms with Crippen LogP contribution in [0, 0.1) is 0 Å². The summed E-state index contributed by atoms with van der Waals surface area (Å²) in [5, 5.41) is 0. The van der Waals surface area contributed by atoms with E-state index in [0.29, 0.717) is 0 Å². The SMILES string of the molecule is COOCc1ccc(S(=O)(=O)Cl)cc1. The second kappa shape index (κ2) is 4.75. The van der Waals surface area contributed by atoms with Crippen molar-refractivity contribution in [1.82, 2.24) is 0 Å². The van der Waals surface area contributed by atoms with Crippen LogP contribution >= 0.6 is 10.7 Å². The average Bonchev–Trinajstić information content (AvgIpc) is 2.14. The van der Waals surface area contributed by atoms with Crippen LogP contribution in [0.25, 0.3) is 0 Å². The van der Waals surface area contributed by atoms with Gasteiger partial charge < -0.3 is 0 Å². The molecule has 6 heteroatoms. The van der Waals surface area contributed by atoms with Gasteiger partial charge in [-0.2, -0.15) is 0 Å². The van der Waals surface area contributed by atoms with Crippen LogP contribution in [0.4, 0.5) is 0 Å². The summed E-state index contributed by atoms with van der Waals surface area (Å²) in [5.41, 5.74) is 0.802. The Bertz CT molecular complexity index is 384. The minimum atomic E-state index is -3.64. The van der Waals surface area contributed by atoms with E-state index in [1.807, 2.05) is 0 Å². The van der Waals surface area contributed by atoms with E-state index in [1.165, 1.54) is 19.2 Å². The summed E-state index contributed by atoms with van der Waals surface area (Å²) in [4.78, 5) is 9.13. The second-order valence-electron chi connectivity index (χ2n) is 2.51. The Morgan fingerprint density at radius 3 is 2.29 bits per heavy atom. The van der Waals surface area contributed by atoms with Gasteiger partial charge >= 0.3 is 0 Å². The molecule has 0 saturated heterocycles. The Labute approximate surface area is 86.8 Å². The molecule has 1 aromatic carbocycles. The zero-order valence-electron chi connectivity index (χ0n) is 7.44. The highest BCUT2D eigenvalue weighted by molar-refractivity contribution is 8.13. The van der Waals surface area contributed by atoms with E-state index in [2.05, 4.69) is 9.78 Å². The van der Waals surface area contributed by atoms with E-state index in [0.717, 1.165) is 5.56 Å². The van der Waals surface area contributed by atoms with Crippen LogP contribution in [0.3, 0.4) is 0 Å². The first kappa shape index (κ1) is 11.5. The van der Waals surface area contributed by atoms with Crippen molar-refractivity contribution in [3.8, 4) is 0 Å². The van der Waals surface area contributed by atoms with Gasteiger partial charge in [0.05, 0.1) is 12.0 Å². The second-order valence-corrected chi connectivity index (χ2v) is 5.08. The summed E-state index contributed by atoms with van der Waals surface area (Å²) in [5.74, 6) is 0. The molecule has 0 heterocycles. The Morgan fingerprint density at radius 1 is 1.29 bits per heavy atom. The zero-order valence-corrected chi connectivity index (χ0v) is 9.01. The predicted molar refractivity (Wildman–Crippen MR) is 51.3 cm³/mol. The zero-order chi connectivity index (χ0) is 10.6. The van der Waals surface area contributed by atoms with Gasteiger partial charge in [0.2, 0.25) is 0 Å². The lowest BCUT2D eigenvalue weighted by Crippen LogP contribution is -1.93. The number of benzene rings is 1. The van der Waals surface area contributed by atoms with Crippen LogP contribution in [-0.2, 0) is 25.4 Å². The number of hydrogen-bond acceptors (Lipinski definition) is 4. The molecule has 0 spiro atoms. The van der Waals surface area contributed by atoms with Crippen LogP contribution in [0.15, 0.2) is 29.2 Å². The van der Waals surface area contributed by atoms with Gasteiger partial charge in [0.1, 0.15) is 6.61 Å². The molecule has 0 amide bonds. The molecule has 0 aliphatic heterocycles. The normalized spacial score (nSPS) is 11.6. The quantitative estimate of drug-likeness (QED) is 0.454. The molecule has 0 unspecified atom stereocenters. The van der Waals surface area contributed by atoms with Gasteiger partial charge in [-0.05, 0) is 17.7 Å². The van der Waals surface area contributed by atoms with Gasteiger partial charge in [-0.1, -0.05) is 12.1 Å². The smallest absolute Gasteiger partial charge is 0.240 e. The van der Waals surface area contributed by atoms with E-state index < -0.39 is 9.05 Å². The van der Waals surface area contributed by atoms with Crippen LogP contribution in [0.2, 0.25) is 0 Å². The molecule has 0 aliphatic carbocycles. The van der Waals surface area contributed by atoms with Gasteiger partial charge in [-0.25, -0.2) is 18.2 Å². The highest BCUT2D eigenvalue weighted by Crippen LogP contribution is 2.15. The lowest BCUT2D eigenvalue weighted by molar-refractivity contribution is -0.282. The fourth-order valence-corrected chi connectivity index (χ4v) is 1.64. The first-order chi connectivity index (χ1) is 6.54. The van der Waals surface area contributed by atoms with Crippen LogP contribution < -0.4 is 0 Å². The molecule has 0 aromatic heterocycles. The van der Waals surface area contributed by atoms with Crippen LogP contribution in [0.1, 0.15) is 5.56 Å². The molecule has 0 N–H and O–H groups in total. The van der Waals surface area contributed by atoms with Crippen molar-refractivity contribution in [1.29, 1.82) is 0 Å². The molecular weight excluding hydrogens is 228 g/mol. The van der Waals surface area contributed by atoms with Crippen molar-refractivity contribution in [3.63, 3.8) is 0 Å². The molecular formula is C8H9ClO4S. The standard InChI is InChI=1S/C8H9ClO4S/c1-12-13-6-7-2-4-8(5-3-7)14(9,10)11/h2-5H,6H2,1H3. The monoisotopic (exact) mass is 236 g/mol. The lowest BCUT2D eigenvalue weighted by Gasteiger charge is -2.01. The maximum Gasteiger partial charge on any atom is 0.261 e. The van der Waals surface area contributed by atoms with E-state index in [-0.39, 0.29) is 11.5 Å². The van der Waals surface area contributed by atoms with Crippen molar-refractivity contribution in [2.24, 2.45) is 0 Å². The molecule has 0 aliphatic rings. The third-order valence-electron chi connectivity index (χ3n) is 1.55. The molecule has 0 atom stereocenters. The average molecular weight is 237 g/mol. The molecule has 14 heavy (non-hydrogen) atoms. The minimum Gasteiger partial charge on any atom is -0.240 e.